The van der Waals surface area contributed by atoms with Gasteiger partial charge in [-0.2, -0.15) is 0 Å². The normalized spacial score (nSPS) is 13.8. The monoisotopic (exact) mass is 575 g/mol. The Kier molecular flexibility index (Phi) is 9.37. The first-order valence-electron chi connectivity index (χ1n) is 12.7. The van der Waals surface area contributed by atoms with Crippen molar-refractivity contribution in [2.24, 2.45) is 0 Å². The molecule has 1 saturated carbocycles. The van der Waals surface area contributed by atoms with Crippen LogP contribution in [0.25, 0.3) is 33.4 Å². The van der Waals surface area contributed by atoms with Crippen molar-refractivity contribution in [1.29, 1.82) is 0 Å². The van der Waals surface area contributed by atoms with Crippen LogP contribution in [0.15, 0.2) is 95.7 Å². The second-order valence-corrected chi connectivity index (χ2v) is 10.1. The second-order valence-electron chi connectivity index (χ2n) is 9.71. The zero-order chi connectivity index (χ0) is 27.0. The zero-order valence-electron chi connectivity index (χ0n) is 22.6. The van der Waals surface area contributed by atoms with Crippen LogP contribution >= 0.6 is 11.6 Å². The Balaban J connectivity index is 0.00000194. The van der Waals surface area contributed by atoms with Crippen LogP contribution in [0.5, 0.6) is 0 Å². The number of aromatic nitrogens is 1. The Morgan fingerprint density at radius 2 is 1.63 bits per heavy atom. The molecule has 0 aliphatic heterocycles. The SMILES string of the molecule is C[C@@H](OC(=O)Nc1c(-c2ccc(-c3ccc(C4([C-]=O)CC4)cc3)cc2)oc2cnccc12)c1ccccc1Cl.[Na+].[OH-]. The average molecular weight is 576 g/mol. The maximum absolute atomic E-state index is 12.9. The van der Waals surface area contributed by atoms with Crippen molar-refractivity contribution in [1.82, 2.24) is 4.98 Å². The van der Waals surface area contributed by atoms with Crippen molar-refractivity contribution in [2.45, 2.75) is 31.3 Å². The summed E-state index contributed by atoms with van der Waals surface area (Å²) in [5.74, 6) is 0.499. The quantitative estimate of drug-likeness (QED) is 0.214. The van der Waals surface area contributed by atoms with E-state index in [1.54, 1.807) is 31.5 Å². The molecule has 1 aliphatic rings. The number of fused-ring (bicyclic) bond motifs is 1. The van der Waals surface area contributed by atoms with Crippen LogP contribution in [0.1, 0.15) is 37.0 Å². The molecular weight excluding hydrogens is 551 g/mol. The number of anilines is 1. The van der Waals surface area contributed by atoms with E-state index in [0.29, 0.717) is 27.4 Å². The number of halogens is 1. The fraction of sp³-hybridized carbons (Fsp3) is 0.156. The number of hydrogen-bond donors (Lipinski definition) is 1. The summed E-state index contributed by atoms with van der Waals surface area (Å²) in [5, 5.41) is 4.11. The van der Waals surface area contributed by atoms with Crippen molar-refractivity contribution >= 4 is 40.6 Å². The summed E-state index contributed by atoms with van der Waals surface area (Å²) in [5.41, 5.74) is 5.21. The molecule has 0 unspecified atom stereocenters. The Morgan fingerprint density at radius 1 is 1.00 bits per heavy atom. The molecule has 3 aromatic carbocycles. The van der Waals surface area contributed by atoms with Crippen LogP contribution in [0.3, 0.4) is 0 Å². The van der Waals surface area contributed by atoms with Gasteiger partial charge in [0.1, 0.15) is 6.10 Å². The summed E-state index contributed by atoms with van der Waals surface area (Å²) >= 11 is 6.27. The van der Waals surface area contributed by atoms with Crippen molar-refractivity contribution in [2.75, 3.05) is 5.32 Å². The van der Waals surface area contributed by atoms with Gasteiger partial charge >= 0.3 is 35.7 Å². The third-order valence-corrected chi connectivity index (χ3v) is 7.55. The smallest absolute Gasteiger partial charge is 0.870 e. The third-order valence-electron chi connectivity index (χ3n) is 7.21. The van der Waals surface area contributed by atoms with E-state index >= 15 is 0 Å². The first kappa shape index (κ1) is 30.5. The van der Waals surface area contributed by atoms with Crippen LogP contribution in [0.4, 0.5) is 10.5 Å². The van der Waals surface area contributed by atoms with Gasteiger partial charge in [-0.05, 0) is 30.2 Å². The molecule has 1 amide bonds. The molecule has 1 aliphatic carbocycles. The summed E-state index contributed by atoms with van der Waals surface area (Å²) in [6.45, 7) is 1.77. The predicted molar refractivity (Wildman–Crippen MR) is 153 cm³/mol. The molecule has 41 heavy (non-hydrogen) atoms. The van der Waals surface area contributed by atoms with Crippen molar-refractivity contribution < 1.29 is 53.8 Å². The molecule has 7 nitrogen and oxygen atoms in total. The Bertz CT molecular complexity index is 1680. The number of ether oxygens (including phenoxy) is 1. The molecular formula is C32H25ClN2NaO5-. The van der Waals surface area contributed by atoms with E-state index in [1.807, 2.05) is 66.7 Å². The van der Waals surface area contributed by atoms with Gasteiger partial charge in [-0.25, -0.2) is 4.79 Å². The minimum absolute atomic E-state index is 0. The number of nitrogens with zero attached hydrogens (tertiary/aromatic N) is 1. The van der Waals surface area contributed by atoms with Gasteiger partial charge in [0.25, 0.3) is 0 Å². The summed E-state index contributed by atoms with van der Waals surface area (Å²) in [4.78, 5) is 28.4. The minimum atomic E-state index is -0.624. The van der Waals surface area contributed by atoms with E-state index in [4.69, 9.17) is 20.8 Å². The number of amides is 1. The molecule has 5 aromatic rings. The van der Waals surface area contributed by atoms with Crippen molar-refractivity contribution in [3.8, 4) is 22.5 Å². The van der Waals surface area contributed by atoms with Gasteiger partial charge < -0.3 is 19.4 Å². The van der Waals surface area contributed by atoms with Crippen LogP contribution in [0.2, 0.25) is 5.02 Å². The summed E-state index contributed by atoms with van der Waals surface area (Å²) < 4.78 is 11.8. The van der Waals surface area contributed by atoms with Gasteiger partial charge in [0, 0.05) is 27.7 Å². The van der Waals surface area contributed by atoms with Crippen LogP contribution in [0, 0.1) is 0 Å². The van der Waals surface area contributed by atoms with Gasteiger partial charge in [0.2, 0.25) is 0 Å². The van der Waals surface area contributed by atoms with Crippen LogP contribution in [-0.2, 0) is 14.9 Å². The van der Waals surface area contributed by atoms with Crippen molar-refractivity contribution in [3.05, 3.63) is 107 Å². The Labute approximate surface area is 264 Å². The fourth-order valence-corrected chi connectivity index (χ4v) is 5.10. The summed E-state index contributed by atoms with van der Waals surface area (Å²) in [6, 6.07) is 25.0. The van der Waals surface area contributed by atoms with E-state index in [1.165, 1.54) is 0 Å². The van der Waals surface area contributed by atoms with E-state index in [9.17, 15) is 9.59 Å². The zero-order valence-corrected chi connectivity index (χ0v) is 25.3. The van der Waals surface area contributed by atoms with Gasteiger partial charge in [0.15, 0.2) is 11.3 Å². The van der Waals surface area contributed by atoms with Gasteiger partial charge in [0.05, 0.1) is 11.9 Å². The molecule has 1 atom stereocenters. The average Bonchev–Trinajstić information content (AvgIpc) is 3.69. The second kappa shape index (κ2) is 12.6. The van der Waals surface area contributed by atoms with Gasteiger partial charge in [-0.1, -0.05) is 96.7 Å². The minimum Gasteiger partial charge on any atom is -0.870 e. The van der Waals surface area contributed by atoms with E-state index < -0.39 is 17.6 Å². The number of benzene rings is 3. The topological polar surface area (TPSA) is 111 Å². The number of pyridine rings is 1. The maximum atomic E-state index is 12.9. The van der Waals surface area contributed by atoms with Gasteiger partial charge in [-0.3, -0.25) is 16.6 Å². The molecule has 0 bridgehead atoms. The Hall–Kier alpha value is -3.46. The van der Waals surface area contributed by atoms with E-state index in [0.717, 1.165) is 40.7 Å². The number of carbonyl (C=O) groups is 1. The largest absolute Gasteiger partial charge is 1.00 e. The molecule has 0 radical (unpaired) electrons. The molecule has 2 heterocycles. The molecule has 2 N–H and O–H groups in total. The molecule has 0 saturated heterocycles. The maximum Gasteiger partial charge on any atom is 1.00 e. The van der Waals surface area contributed by atoms with Gasteiger partial charge in [-0.15, -0.1) is 5.41 Å². The molecule has 6 rings (SSSR count). The number of nitrogens with one attached hydrogen (secondary N) is 1. The number of hydrogen-bond acceptors (Lipinski definition) is 6. The third kappa shape index (κ3) is 6.10. The molecule has 0 spiro atoms. The standard InChI is InChI=1S/C32H24ClN2O4.Na.H2O/c1-20(25-4-2-3-5-27(25)33)38-31(37)35-29-26-14-17-34-18-28(26)39-30(29)23-8-6-21(7-9-23)22-10-12-24(13-11-22)32(19-36)15-16-32;;/h2-14,17-18,20H,15-16H2,1H3,(H,35,37);;1H2/q-1;+1;/p-1/t20-;;/m1../s1. The first-order valence-corrected chi connectivity index (χ1v) is 13.0. The number of carbonyl (C=O) groups excluding carboxylic acids is 2. The first-order chi connectivity index (χ1) is 19.0. The predicted octanol–water partition coefficient (Wildman–Crippen LogP) is 5.09. The van der Waals surface area contributed by atoms with E-state index in [2.05, 4.69) is 16.6 Å². The summed E-state index contributed by atoms with van der Waals surface area (Å²) in [7, 11) is 0. The number of rotatable bonds is 7. The molecule has 2 aromatic heterocycles. The fourth-order valence-electron chi connectivity index (χ4n) is 4.81. The van der Waals surface area contributed by atoms with Crippen LogP contribution < -0.4 is 34.9 Å². The molecule has 202 valence electrons. The molecule has 9 heteroatoms. The number of furan rings is 1. The summed E-state index contributed by atoms with van der Waals surface area (Å²) in [6.07, 6.45) is 6.00. The van der Waals surface area contributed by atoms with Crippen LogP contribution in [-0.4, -0.2) is 22.8 Å². The van der Waals surface area contributed by atoms with E-state index in [-0.39, 0.29) is 35.0 Å². The molecule has 1 fully saturated rings. The Morgan fingerprint density at radius 3 is 2.27 bits per heavy atom. The van der Waals surface area contributed by atoms with Crippen molar-refractivity contribution in [3.63, 3.8) is 0 Å².